The summed E-state index contributed by atoms with van der Waals surface area (Å²) in [5.74, 6) is 5.74. The van der Waals surface area contributed by atoms with Gasteiger partial charge in [0.15, 0.2) is 0 Å². The number of rotatable bonds is 5. The number of benzene rings is 3. The van der Waals surface area contributed by atoms with Crippen LogP contribution in [0.1, 0.15) is 30.2 Å². The van der Waals surface area contributed by atoms with E-state index in [1.54, 1.807) is 6.08 Å². The van der Waals surface area contributed by atoms with E-state index in [9.17, 15) is 5.11 Å². The van der Waals surface area contributed by atoms with Crippen molar-refractivity contribution < 1.29 is 5.11 Å². The largest absolute Gasteiger partial charge is 0.376 e. The molecule has 3 aromatic carbocycles. The summed E-state index contributed by atoms with van der Waals surface area (Å²) in [6.07, 6.45) is 3.02. The first-order chi connectivity index (χ1) is 12.8. The van der Waals surface area contributed by atoms with E-state index in [2.05, 4.69) is 66.5 Å². The predicted molar refractivity (Wildman–Crippen MR) is 109 cm³/mol. The average molecular weight is 341 g/mol. The number of aliphatic hydroxyl groups is 1. The summed E-state index contributed by atoms with van der Waals surface area (Å²) < 4.78 is 0. The highest BCUT2D eigenvalue weighted by molar-refractivity contribution is 5.86. The smallest absolute Gasteiger partial charge is 0.140 e. The van der Waals surface area contributed by atoms with E-state index < -0.39 is 6.10 Å². The van der Waals surface area contributed by atoms with E-state index in [0.29, 0.717) is 0 Å². The third kappa shape index (κ3) is 4.61. The molecule has 0 bridgehead atoms. The van der Waals surface area contributed by atoms with Crippen LogP contribution in [-0.4, -0.2) is 11.7 Å². The summed E-state index contributed by atoms with van der Waals surface area (Å²) in [4.78, 5) is 0. The van der Waals surface area contributed by atoms with Gasteiger partial charge in [-0.05, 0) is 34.9 Å². The maximum absolute atomic E-state index is 9.99. The van der Waals surface area contributed by atoms with Gasteiger partial charge in [-0.15, -0.1) is 0 Å². The highest BCUT2D eigenvalue weighted by Crippen LogP contribution is 2.23. The topological polar surface area (TPSA) is 32.3 Å². The van der Waals surface area contributed by atoms with Crippen LogP contribution in [0.2, 0.25) is 0 Å². The minimum Gasteiger partial charge on any atom is -0.376 e. The van der Waals surface area contributed by atoms with E-state index >= 15 is 0 Å². The molecule has 0 aliphatic carbocycles. The van der Waals surface area contributed by atoms with Crippen LogP contribution in [0.3, 0.4) is 0 Å². The van der Waals surface area contributed by atoms with Gasteiger partial charge in [-0.25, -0.2) is 0 Å². The number of aliphatic hydroxyl groups excluding tert-OH is 1. The zero-order chi connectivity index (χ0) is 18.2. The van der Waals surface area contributed by atoms with E-state index in [-0.39, 0.29) is 6.04 Å². The van der Waals surface area contributed by atoms with Crippen molar-refractivity contribution in [2.45, 2.75) is 19.1 Å². The van der Waals surface area contributed by atoms with Gasteiger partial charge in [0.05, 0.1) is 0 Å². The minimum atomic E-state index is -0.747. The zero-order valence-electron chi connectivity index (χ0n) is 14.9. The summed E-state index contributed by atoms with van der Waals surface area (Å²) in [6.45, 7) is 2.89. The molecular weight excluding hydrogens is 318 g/mol. The zero-order valence-corrected chi connectivity index (χ0v) is 14.9. The Morgan fingerprint density at radius 2 is 1.69 bits per heavy atom. The van der Waals surface area contributed by atoms with Crippen LogP contribution in [0.5, 0.6) is 0 Å². The third-order valence-corrected chi connectivity index (χ3v) is 4.37. The Bertz CT molecular complexity index is 929. The van der Waals surface area contributed by atoms with Crippen LogP contribution in [0.15, 0.2) is 84.9 Å². The van der Waals surface area contributed by atoms with Gasteiger partial charge in [-0.1, -0.05) is 90.7 Å². The van der Waals surface area contributed by atoms with Crippen molar-refractivity contribution in [3.63, 3.8) is 0 Å². The molecule has 0 amide bonds. The van der Waals surface area contributed by atoms with Gasteiger partial charge >= 0.3 is 0 Å². The third-order valence-electron chi connectivity index (χ3n) is 4.37. The summed E-state index contributed by atoms with van der Waals surface area (Å²) in [7, 11) is 0. The van der Waals surface area contributed by atoms with E-state index in [4.69, 9.17) is 0 Å². The monoisotopic (exact) mass is 341 g/mol. The molecule has 3 aromatic rings. The lowest BCUT2D eigenvalue weighted by Gasteiger charge is -2.15. The average Bonchev–Trinajstić information content (AvgIpc) is 2.70. The van der Waals surface area contributed by atoms with Crippen LogP contribution >= 0.6 is 0 Å². The van der Waals surface area contributed by atoms with Gasteiger partial charge in [0.1, 0.15) is 6.10 Å². The molecule has 0 radical (unpaired) electrons. The Labute approximate surface area is 155 Å². The summed E-state index contributed by atoms with van der Waals surface area (Å²) >= 11 is 0. The molecule has 2 atom stereocenters. The van der Waals surface area contributed by atoms with Gasteiger partial charge in [-0.3, -0.25) is 0 Å². The van der Waals surface area contributed by atoms with Crippen LogP contribution in [0.25, 0.3) is 10.8 Å². The van der Waals surface area contributed by atoms with Crippen molar-refractivity contribution in [1.29, 1.82) is 0 Å². The normalized spacial score (nSPS) is 13.3. The first-order valence-corrected chi connectivity index (χ1v) is 8.86. The second-order valence-corrected chi connectivity index (χ2v) is 6.20. The lowest BCUT2D eigenvalue weighted by molar-refractivity contribution is 0.238. The first kappa shape index (κ1) is 17.9. The number of nitrogens with one attached hydrogen (secondary N) is 1. The van der Waals surface area contributed by atoms with Crippen molar-refractivity contribution in [2.75, 3.05) is 6.54 Å². The van der Waals surface area contributed by atoms with Crippen LogP contribution in [-0.2, 0) is 0 Å². The Kier molecular flexibility index (Phi) is 6.22. The fourth-order valence-corrected chi connectivity index (χ4v) is 2.95. The molecule has 0 aliphatic rings. The van der Waals surface area contributed by atoms with Gasteiger partial charge in [0.2, 0.25) is 0 Å². The van der Waals surface area contributed by atoms with Crippen molar-refractivity contribution in [1.82, 2.24) is 5.32 Å². The lowest BCUT2D eigenvalue weighted by Crippen LogP contribution is -2.18. The molecule has 26 heavy (non-hydrogen) atoms. The minimum absolute atomic E-state index is 0.244. The fraction of sp³-hybridized carbons (Fsp3) is 0.167. The second-order valence-electron chi connectivity index (χ2n) is 6.20. The van der Waals surface area contributed by atoms with Crippen molar-refractivity contribution >= 4 is 10.8 Å². The maximum Gasteiger partial charge on any atom is 0.140 e. The van der Waals surface area contributed by atoms with E-state index in [1.807, 2.05) is 36.4 Å². The highest BCUT2D eigenvalue weighted by Gasteiger charge is 2.07. The standard InChI is InChI=1S/C24H23NO/c1-19(22-16-10-14-20-11-7-8-15-23(20)22)25-18-9-3-6-17-24(26)21-12-4-2-5-13-21/h2-5,7-16,19,24-26H,18H2,1H3/b9-3+/t19-,24?/m1/s1. The van der Waals surface area contributed by atoms with Gasteiger partial charge < -0.3 is 10.4 Å². The maximum atomic E-state index is 9.99. The van der Waals surface area contributed by atoms with Gasteiger partial charge in [0, 0.05) is 12.6 Å². The van der Waals surface area contributed by atoms with E-state index in [1.165, 1.54) is 16.3 Å². The molecule has 0 heterocycles. The fourth-order valence-electron chi connectivity index (χ4n) is 2.95. The molecule has 0 aromatic heterocycles. The Hall–Kier alpha value is -2.86. The summed E-state index contributed by atoms with van der Waals surface area (Å²) in [6, 6.07) is 24.5. The molecule has 0 saturated carbocycles. The molecule has 0 aliphatic heterocycles. The van der Waals surface area contributed by atoms with E-state index in [0.717, 1.165) is 12.1 Å². The van der Waals surface area contributed by atoms with Crippen molar-refractivity contribution in [3.8, 4) is 11.8 Å². The number of hydrogen-bond donors (Lipinski definition) is 2. The lowest BCUT2D eigenvalue weighted by atomic mass is 10.00. The summed E-state index contributed by atoms with van der Waals surface area (Å²) in [5, 5.41) is 16.0. The van der Waals surface area contributed by atoms with Crippen molar-refractivity contribution in [3.05, 3.63) is 96.1 Å². The molecule has 3 rings (SSSR count). The van der Waals surface area contributed by atoms with Gasteiger partial charge in [0.25, 0.3) is 0 Å². The molecule has 0 fully saturated rings. The molecule has 1 unspecified atom stereocenters. The molecular formula is C24H23NO. The Balaban J connectivity index is 1.55. The number of allylic oxidation sites excluding steroid dienone is 1. The molecule has 0 saturated heterocycles. The SMILES string of the molecule is C[C@@H](NC/C=C/C#CC(O)c1ccccc1)c1cccc2ccccc12. The predicted octanol–water partition coefficient (Wildman–Crippen LogP) is 4.78. The Morgan fingerprint density at radius 3 is 2.54 bits per heavy atom. The number of fused-ring (bicyclic) bond motifs is 1. The van der Waals surface area contributed by atoms with Crippen molar-refractivity contribution in [2.24, 2.45) is 0 Å². The first-order valence-electron chi connectivity index (χ1n) is 8.86. The van der Waals surface area contributed by atoms with Crippen LogP contribution < -0.4 is 5.32 Å². The van der Waals surface area contributed by atoms with Crippen LogP contribution in [0.4, 0.5) is 0 Å². The van der Waals surface area contributed by atoms with Gasteiger partial charge in [-0.2, -0.15) is 0 Å². The Morgan fingerprint density at radius 1 is 0.962 bits per heavy atom. The molecule has 2 nitrogen and oxygen atoms in total. The molecule has 2 heteroatoms. The van der Waals surface area contributed by atoms with Crippen LogP contribution in [0, 0.1) is 11.8 Å². The summed E-state index contributed by atoms with van der Waals surface area (Å²) in [5.41, 5.74) is 2.11. The number of hydrogen-bond acceptors (Lipinski definition) is 2. The highest BCUT2D eigenvalue weighted by atomic mass is 16.3. The molecule has 130 valence electrons. The molecule has 0 spiro atoms. The molecule has 2 N–H and O–H groups in total. The second kappa shape index (κ2) is 9.01. The quantitative estimate of drug-likeness (QED) is 0.654.